The topological polar surface area (TPSA) is 93.7 Å². The summed E-state index contributed by atoms with van der Waals surface area (Å²) in [5, 5.41) is 5.12. The van der Waals surface area contributed by atoms with Crippen molar-refractivity contribution in [3.05, 3.63) is 35.4 Å². The van der Waals surface area contributed by atoms with Crippen LogP contribution in [0.1, 0.15) is 38.3 Å². The smallest absolute Gasteiger partial charge is 0.336 e. The van der Waals surface area contributed by atoms with Crippen molar-refractivity contribution in [2.24, 2.45) is 0 Å². The monoisotopic (exact) mass is 348 g/mol. The van der Waals surface area contributed by atoms with Gasteiger partial charge in [-0.1, -0.05) is 24.3 Å². The van der Waals surface area contributed by atoms with E-state index in [1.165, 1.54) is 7.11 Å². The zero-order valence-corrected chi connectivity index (χ0v) is 15.0. The second-order valence-electron chi connectivity index (χ2n) is 6.95. The zero-order chi connectivity index (χ0) is 18.7. The maximum atomic E-state index is 12.4. The first-order valence-electron chi connectivity index (χ1n) is 8.12. The quantitative estimate of drug-likeness (QED) is 0.807. The molecular weight excluding hydrogens is 324 g/mol. The molecule has 0 radical (unpaired) electrons. The minimum atomic E-state index is -1.25. The minimum absolute atomic E-state index is 0.290. The maximum Gasteiger partial charge on any atom is 0.336 e. The molecule has 2 rings (SSSR count). The largest absolute Gasteiger partial charge is 0.467 e. The molecule has 0 aliphatic heterocycles. The summed E-state index contributed by atoms with van der Waals surface area (Å²) in [7, 11) is 1.28. The van der Waals surface area contributed by atoms with Crippen LogP contribution in [0.15, 0.2) is 24.3 Å². The highest BCUT2D eigenvalue weighted by atomic mass is 16.6. The molecule has 7 heteroatoms. The number of nitrogens with one attached hydrogen (secondary N) is 2. The lowest BCUT2D eigenvalue weighted by atomic mass is 9.92. The summed E-state index contributed by atoms with van der Waals surface area (Å²) in [4.78, 5) is 36.4. The number of amides is 2. The standard InChI is InChI=1S/C18H24N2O5/c1-17(2,3)25-14(21)11-19-16(23)20-18(15(22)24-4)10-9-12-7-5-6-8-13(12)18/h5-8H,9-11H2,1-4H3,(H2,19,20,23)/t18-/m0/s1. The molecule has 0 fully saturated rings. The minimum Gasteiger partial charge on any atom is -0.467 e. The van der Waals surface area contributed by atoms with Crippen LogP contribution in [0.5, 0.6) is 0 Å². The lowest BCUT2D eigenvalue weighted by Gasteiger charge is -2.28. The molecule has 2 N–H and O–H groups in total. The predicted octanol–water partition coefficient (Wildman–Crippen LogP) is 1.64. The van der Waals surface area contributed by atoms with Gasteiger partial charge in [0.05, 0.1) is 7.11 Å². The first kappa shape index (κ1) is 18.8. The van der Waals surface area contributed by atoms with Crippen LogP contribution in [-0.4, -0.2) is 37.2 Å². The molecule has 1 atom stereocenters. The second-order valence-corrected chi connectivity index (χ2v) is 6.95. The molecule has 1 aliphatic rings. The zero-order valence-electron chi connectivity index (χ0n) is 15.0. The number of fused-ring (bicyclic) bond motifs is 1. The fraction of sp³-hybridized carbons (Fsp3) is 0.500. The molecule has 0 aromatic heterocycles. The van der Waals surface area contributed by atoms with E-state index >= 15 is 0 Å². The molecule has 0 saturated carbocycles. The Morgan fingerprint density at radius 3 is 2.52 bits per heavy atom. The summed E-state index contributed by atoms with van der Waals surface area (Å²) < 4.78 is 10.0. The summed E-state index contributed by atoms with van der Waals surface area (Å²) in [6, 6.07) is 6.78. The van der Waals surface area contributed by atoms with E-state index in [4.69, 9.17) is 9.47 Å². The fourth-order valence-electron chi connectivity index (χ4n) is 2.95. The third kappa shape index (κ3) is 4.29. The first-order chi connectivity index (χ1) is 11.7. The number of rotatable bonds is 4. The second kappa shape index (κ2) is 7.13. The summed E-state index contributed by atoms with van der Waals surface area (Å²) in [6.45, 7) is 4.94. The van der Waals surface area contributed by atoms with Gasteiger partial charge < -0.3 is 20.1 Å². The molecule has 0 bridgehead atoms. The van der Waals surface area contributed by atoms with E-state index in [1.807, 2.05) is 18.2 Å². The molecule has 1 aromatic carbocycles. The maximum absolute atomic E-state index is 12.4. The first-order valence-corrected chi connectivity index (χ1v) is 8.12. The summed E-state index contributed by atoms with van der Waals surface area (Å²) in [6.07, 6.45) is 1.05. The molecule has 7 nitrogen and oxygen atoms in total. The van der Waals surface area contributed by atoms with Crippen molar-refractivity contribution in [1.29, 1.82) is 0 Å². The highest BCUT2D eigenvalue weighted by molar-refractivity contribution is 5.90. The number of aryl methyl sites for hydroxylation is 1. The lowest BCUT2D eigenvalue weighted by molar-refractivity contribution is -0.153. The number of carbonyl (C=O) groups is 3. The Bertz CT molecular complexity index is 680. The van der Waals surface area contributed by atoms with E-state index in [1.54, 1.807) is 26.8 Å². The van der Waals surface area contributed by atoms with Crippen LogP contribution >= 0.6 is 0 Å². The number of benzene rings is 1. The Labute approximate surface area is 147 Å². The lowest BCUT2D eigenvalue weighted by Crippen LogP contribution is -2.54. The number of methoxy groups -OCH3 is 1. The van der Waals surface area contributed by atoms with E-state index in [0.29, 0.717) is 18.4 Å². The highest BCUT2D eigenvalue weighted by Gasteiger charge is 2.47. The molecule has 0 heterocycles. The van der Waals surface area contributed by atoms with Crippen LogP contribution < -0.4 is 10.6 Å². The van der Waals surface area contributed by atoms with Crippen LogP contribution in [0.2, 0.25) is 0 Å². The Morgan fingerprint density at radius 1 is 1.20 bits per heavy atom. The molecule has 136 valence electrons. The average Bonchev–Trinajstić information content (AvgIpc) is 2.91. The summed E-state index contributed by atoms with van der Waals surface area (Å²) >= 11 is 0. The van der Waals surface area contributed by atoms with Crippen molar-refractivity contribution < 1.29 is 23.9 Å². The SMILES string of the molecule is COC(=O)[C@]1(NC(=O)NCC(=O)OC(C)(C)C)CCc2ccccc21. The third-order valence-corrected chi connectivity index (χ3v) is 3.92. The van der Waals surface area contributed by atoms with Gasteiger partial charge in [0.2, 0.25) is 0 Å². The van der Waals surface area contributed by atoms with Crippen LogP contribution in [0.4, 0.5) is 4.79 Å². The number of urea groups is 1. The van der Waals surface area contributed by atoms with Gasteiger partial charge in [-0.05, 0) is 44.7 Å². The van der Waals surface area contributed by atoms with E-state index in [0.717, 1.165) is 5.56 Å². The van der Waals surface area contributed by atoms with Gasteiger partial charge in [0.1, 0.15) is 12.1 Å². The van der Waals surface area contributed by atoms with Crippen molar-refractivity contribution in [2.75, 3.05) is 13.7 Å². The van der Waals surface area contributed by atoms with Gasteiger partial charge in [0, 0.05) is 0 Å². The van der Waals surface area contributed by atoms with Crippen LogP contribution in [0.3, 0.4) is 0 Å². The van der Waals surface area contributed by atoms with Gasteiger partial charge in [0.15, 0.2) is 5.54 Å². The van der Waals surface area contributed by atoms with Crippen molar-refractivity contribution in [3.63, 3.8) is 0 Å². The molecule has 0 unspecified atom stereocenters. The van der Waals surface area contributed by atoms with E-state index < -0.39 is 29.1 Å². The van der Waals surface area contributed by atoms with Crippen LogP contribution in [0, 0.1) is 0 Å². The number of hydrogen-bond donors (Lipinski definition) is 2. The summed E-state index contributed by atoms with van der Waals surface area (Å²) in [5.41, 5.74) is -0.175. The Balaban J connectivity index is 2.08. The molecule has 1 aromatic rings. The van der Waals surface area contributed by atoms with E-state index in [2.05, 4.69) is 10.6 Å². The predicted molar refractivity (Wildman–Crippen MR) is 90.8 cm³/mol. The van der Waals surface area contributed by atoms with Gasteiger partial charge in [-0.25, -0.2) is 9.59 Å². The number of hydrogen-bond acceptors (Lipinski definition) is 5. The van der Waals surface area contributed by atoms with E-state index in [9.17, 15) is 14.4 Å². The van der Waals surface area contributed by atoms with Gasteiger partial charge in [-0.3, -0.25) is 4.79 Å². The number of ether oxygens (including phenoxy) is 2. The van der Waals surface area contributed by atoms with Gasteiger partial charge in [-0.2, -0.15) is 0 Å². The Kier molecular flexibility index (Phi) is 5.35. The van der Waals surface area contributed by atoms with Crippen molar-refractivity contribution in [2.45, 2.75) is 44.8 Å². The van der Waals surface area contributed by atoms with Gasteiger partial charge >= 0.3 is 18.0 Å². The van der Waals surface area contributed by atoms with Crippen molar-refractivity contribution in [1.82, 2.24) is 10.6 Å². The normalized spacial score (nSPS) is 18.9. The fourth-order valence-corrected chi connectivity index (χ4v) is 2.95. The van der Waals surface area contributed by atoms with Crippen molar-refractivity contribution in [3.8, 4) is 0 Å². The number of esters is 2. The Morgan fingerprint density at radius 2 is 1.88 bits per heavy atom. The molecule has 0 saturated heterocycles. The third-order valence-electron chi connectivity index (χ3n) is 3.92. The van der Waals surface area contributed by atoms with Crippen LogP contribution in [0.25, 0.3) is 0 Å². The molecular formula is C18H24N2O5. The molecule has 1 aliphatic carbocycles. The average molecular weight is 348 g/mol. The van der Waals surface area contributed by atoms with Crippen molar-refractivity contribution >= 4 is 18.0 Å². The highest BCUT2D eigenvalue weighted by Crippen LogP contribution is 2.37. The van der Waals surface area contributed by atoms with Crippen LogP contribution in [-0.2, 0) is 31.0 Å². The van der Waals surface area contributed by atoms with Gasteiger partial charge in [-0.15, -0.1) is 0 Å². The molecule has 0 spiro atoms. The Hall–Kier alpha value is -2.57. The molecule has 25 heavy (non-hydrogen) atoms. The van der Waals surface area contributed by atoms with Gasteiger partial charge in [0.25, 0.3) is 0 Å². The van der Waals surface area contributed by atoms with E-state index in [-0.39, 0.29) is 6.54 Å². The number of carbonyl (C=O) groups excluding carboxylic acids is 3. The summed E-state index contributed by atoms with van der Waals surface area (Å²) in [5.74, 6) is -1.09. The molecule has 2 amide bonds.